The van der Waals surface area contributed by atoms with Gasteiger partial charge in [0.1, 0.15) is 18.7 Å². The number of sulfonamides is 1. The molecule has 0 spiro atoms. The first-order valence-corrected chi connectivity index (χ1v) is 11.5. The molecule has 0 bridgehead atoms. The van der Waals surface area contributed by atoms with Gasteiger partial charge in [0.05, 0.1) is 11.3 Å². The van der Waals surface area contributed by atoms with Crippen LogP contribution in [0.5, 0.6) is 5.75 Å². The Kier molecular flexibility index (Phi) is 6.39. The fourth-order valence-corrected chi connectivity index (χ4v) is 3.79. The molecule has 0 aliphatic carbocycles. The largest absolute Gasteiger partial charge is 0.488 e. The monoisotopic (exact) mass is 447 g/mol. The quantitative estimate of drug-likeness (QED) is 0.423. The standard InChI is InChI=1S/C23H21N5O3S/c24-32(29,30)15-18-10-4-6-12-20(18)27-23-26-16-25-22(28-23)19-11-5-7-13-21(19)31-14-17-8-2-1-3-9-17/h1-13,16H,14-15H2,(H2,24,29,30)(H,25,26,27,28). The lowest BCUT2D eigenvalue weighted by Gasteiger charge is -2.12. The number of anilines is 2. The van der Waals surface area contributed by atoms with Gasteiger partial charge in [0.2, 0.25) is 16.0 Å². The summed E-state index contributed by atoms with van der Waals surface area (Å²) in [6.07, 6.45) is 1.39. The van der Waals surface area contributed by atoms with E-state index in [1.54, 1.807) is 24.3 Å². The van der Waals surface area contributed by atoms with Gasteiger partial charge in [-0.15, -0.1) is 0 Å². The van der Waals surface area contributed by atoms with Crippen molar-refractivity contribution in [3.63, 3.8) is 0 Å². The summed E-state index contributed by atoms with van der Waals surface area (Å²) in [4.78, 5) is 13.0. The van der Waals surface area contributed by atoms with Crippen molar-refractivity contribution >= 4 is 21.7 Å². The number of nitrogens with two attached hydrogens (primary N) is 1. The Balaban J connectivity index is 1.58. The second-order valence-corrected chi connectivity index (χ2v) is 8.61. The maximum atomic E-state index is 11.5. The molecule has 0 aliphatic heterocycles. The number of para-hydroxylation sites is 2. The van der Waals surface area contributed by atoms with Gasteiger partial charge >= 0.3 is 0 Å². The first kappa shape index (κ1) is 21.4. The molecule has 1 aromatic heterocycles. The van der Waals surface area contributed by atoms with Crippen LogP contribution in [0.25, 0.3) is 11.4 Å². The third-order valence-electron chi connectivity index (χ3n) is 4.56. The predicted molar refractivity (Wildman–Crippen MR) is 123 cm³/mol. The molecule has 162 valence electrons. The first-order valence-electron chi connectivity index (χ1n) is 9.78. The van der Waals surface area contributed by atoms with Gasteiger partial charge in [0.15, 0.2) is 5.82 Å². The number of rotatable bonds is 8. The third kappa shape index (κ3) is 5.65. The Morgan fingerprint density at radius 3 is 2.41 bits per heavy atom. The molecule has 3 aromatic carbocycles. The zero-order valence-corrected chi connectivity index (χ0v) is 17.9. The van der Waals surface area contributed by atoms with Crippen molar-refractivity contribution in [2.24, 2.45) is 5.14 Å². The number of ether oxygens (including phenoxy) is 1. The molecule has 0 saturated heterocycles. The number of nitrogens with one attached hydrogen (secondary N) is 1. The maximum Gasteiger partial charge on any atom is 0.230 e. The molecular weight excluding hydrogens is 426 g/mol. The molecular formula is C23H21N5O3S. The summed E-state index contributed by atoms with van der Waals surface area (Å²) < 4.78 is 29.1. The van der Waals surface area contributed by atoms with Crippen molar-refractivity contribution < 1.29 is 13.2 Å². The van der Waals surface area contributed by atoms with E-state index in [0.29, 0.717) is 35.0 Å². The van der Waals surface area contributed by atoms with Crippen LogP contribution in [0.15, 0.2) is 85.2 Å². The Hall–Kier alpha value is -3.82. The minimum Gasteiger partial charge on any atom is -0.488 e. The van der Waals surface area contributed by atoms with Crippen LogP contribution in [0.4, 0.5) is 11.6 Å². The second kappa shape index (κ2) is 9.54. The van der Waals surface area contributed by atoms with Crippen LogP contribution in [-0.4, -0.2) is 23.4 Å². The topological polar surface area (TPSA) is 120 Å². The molecule has 32 heavy (non-hydrogen) atoms. The normalized spacial score (nSPS) is 11.2. The van der Waals surface area contributed by atoms with Crippen molar-refractivity contribution in [3.05, 3.63) is 96.3 Å². The van der Waals surface area contributed by atoms with Crippen LogP contribution in [0, 0.1) is 0 Å². The van der Waals surface area contributed by atoms with Crippen LogP contribution < -0.4 is 15.2 Å². The van der Waals surface area contributed by atoms with Crippen LogP contribution in [0.2, 0.25) is 0 Å². The van der Waals surface area contributed by atoms with Crippen molar-refractivity contribution in [2.75, 3.05) is 5.32 Å². The summed E-state index contributed by atoms with van der Waals surface area (Å²) in [5.41, 5.74) is 2.83. The minimum absolute atomic E-state index is 0.273. The highest BCUT2D eigenvalue weighted by Gasteiger charge is 2.13. The summed E-state index contributed by atoms with van der Waals surface area (Å²) in [6.45, 7) is 0.412. The predicted octanol–water partition coefficient (Wildman–Crippen LogP) is 3.65. The van der Waals surface area contributed by atoms with E-state index in [-0.39, 0.29) is 11.7 Å². The number of nitrogens with zero attached hydrogens (tertiary/aromatic N) is 3. The van der Waals surface area contributed by atoms with E-state index in [1.165, 1.54) is 6.33 Å². The molecule has 0 atom stereocenters. The highest BCUT2D eigenvalue weighted by atomic mass is 32.2. The summed E-state index contributed by atoms with van der Waals surface area (Å²) in [5, 5.41) is 8.27. The lowest BCUT2D eigenvalue weighted by Crippen LogP contribution is -2.15. The Morgan fingerprint density at radius 2 is 1.59 bits per heavy atom. The summed E-state index contributed by atoms with van der Waals surface area (Å²) in [7, 11) is -3.69. The number of aromatic nitrogens is 3. The van der Waals surface area contributed by atoms with Crippen LogP contribution in [0.1, 0.15) is 11.1 Å². The fraction of sp³-hybridized carbons (Fsp3) is 0.0870. The van der Waals surface area contributed by atoms with Gasteiger partial charge in [-0.2, -0.15) is 4.98 Å². The van der Waals surface area contributed by atoms with Gasteiger partial charge < -0.3 is 10.1 Å². The maximum absolute atomic E-state index is 11.5. The van der Waals surface area contributed by atoms with E-state index in [0.717, 1.165) is 5.56 Å². The van der Waals surface area contributed by atoms with Crippen molar-refractivity contribution in [1.29, 1.82) is 0 Å². The van der Waals surface area contributed by atoms with E-state index in [2.05, 4.69) is 20.3 Å². The molecule has 4 rings (SSSR count). The smallest absolute Gasteiger partial charge is 0.230 e. The molecule has 0 amide bonds. The van der Waals surface area contributed by atoms with E-state index in [4.69, 9.17) is 9.88 Å². The van der Waals surface area contributed by atoms with Crippen molar-refractivity contribution in [3.8, 4) is 17.1 Å². The SMILES string of the molecule is NS(=O)(=O)Cc1ccccc1Nc1ncnc(-c2ccccc2OCc2ccccc2)n1. The Bertz CT molecular complexity index is 1310. The molecule has 0 aliphatic rings. The zero-order valence-electron chi connectivity index (χ0n) is 17.0. The molecule has 4 aromatic rings. The summed E-state index contributed by atoms with van der Waals surface area (Å²) in [6, 6.07) is 24.3. The van der Waals surface area contributed by atoms with Crippen LogP contribution in [0.3, 0.4) is 0 Å². The van der Waals surface area contributed by atoms with Crippen LogP contribution in [-0.2, 0) is 22.4 Å². The first-order chi connectivity index (χ1) is 15.5. The average Bonchev–Trinajstić information content (AvgIpc) is 2.79. The Morgan fingerprint density at radius 1 is 0.875 bits per heavy atom. The Labute approximate surface area is 186 Å². The lowest BCUT2D eigenvalue weighted by molar-refractivity contribution is 0.307. The number of hydrogen-bond donors (Lipinski definition) is 2. The zero-order chi connectivity index (χ0) is 22.4. The highest BCUT2D eigenvalue weighted by Crippen LogP contribution is 2.29. The molecule has 0 fully saturated rings. The lowest BCUT2D eigenvalue weighted by atomic mass is 10.2. The van der Waals surface area contributed by atoms with Gasteiger partial charge in [-0.05, 0) is 29.3 Å². The molecule has 0 radical (unpaired) electrons. The van der Waals surface area contributed by atoms with Gasteiger partial charge in [-0.3, -0.25) is 0 Å². The van der Waals surface area contributed by atoms with Gasteiger partial charge in [-0.25, -0.2) is 23.5 Å². The van der Waals surface area contributed by atoms with Gasteiger partial charge in [0, 0.05) is 5.69 Å². The molecule has 0 unspecified atom stereocenters. The van der Waals surface area contributed by atoms with E-state index < -0.39 is 10.0 Å². The molecule has 9 heteroatoms. The highest BCUT2D eigenvalue weighted by molar-refractivity contribution is 7.88. The van der Waals surface area contributed by atoms with Crippen LogP contribution >= 0.6 is 0 Å². The number of hydrogen-bond acceptors (Lipinski definition) is 7. The van der Waals surface area contributed by atoms with Gasteiger partial charge in [-0.1, -0.05) is 60.7 Å². The minimum atomic E-state index is -3.69. The fourth-order valence-electron chi connectivity index (χ4n) is 3.10. The summed E-state index contributed by atoms with van der Waals surface area (Å²) >= 11 is 0. The number of primary sulfonamides is 1. The molecule has 8 nitrogen and oxygen atoms in total. The number of benzene rings is 3. The van der Waals surface area contributed by atoms with Crippen molar-refractivity contribution in [1.82, 2.24) is 15.0 Å². The second-order valence-electron chi connectivity index (χ2n) is 6.99. The van der Waals surface area contributed by atoms with Crippen molar-refractivity contribution in [2.45, 2.75) is 12.4 Å². The van der Waals surface area contributed by atoms with E-state index in [1.807, 2.05) is 54.6 Å². The van der Waals surface area contributed by atoms with E-state index >= 15 is 0 Å². The molecule has 3 N–H and O–H groups in total. The average molecular weight is 448 g/mol. The van der Waals surface area contributed by atoms with E-state index in [9.17, 15) is 8.42 Å². The van der Waals surface area contributed by atoms with Gasteiger partial charge in [0.25, 0.3) is 0 Å². The summed E-state index contributed by atoms with van der Waals surface area (Å²) in [5.74, 6) is 1.04. The molecule has 1 heterocycles. The molecule has 0 saturated carbocycles. The third-order valence-corrected chi connectivity index (χ3v) is 5.27.